The summed E-state index contributed by atoms with van der Waals surface area (Å²) in [7, 11) is 1.28. The molecule has 2 N–H and O–H groups in total. The van der Waals surface area contributed by atoms with Crippen LogP contribution < -0.4 is 10.2 Å². The summed E-state index contributed by atoms with van der Waals surface area (Å²) in [6.07, 6.45) is 87.8. The van der Waals surface area contributed by atoms with Crippen LogP contribution >= 0.6 is 7.82 Å². The highest BCUT2D eigenvalue weighted by Gasteiger charge is 2.23. The number of phosphoric acid groups is 1. The van der Waals surface area contributed by atoms with Gasteiger partial charge in [-0.25, -0.2) is 0 Å². The number of quaternary nitrogens is 1. The van der Waals surface area contributed by atoms with E-state index in [1.807, 2.05) is 27.2 Å². The maximum atomic E-state index is 13.0. The maximum absolute atomic E-state index is 13.0. The van der Waals surface area contributed by atoms with Crippen LogP contribution in [-0.4, -0.2) is 68.5 Å². The summed E-state index contributed by atoms with van der Waals surface area (Å²) in [6.45, 7) is 4.59. The number of allylic oxidation sites excluding steroid dienone is 9. The fraction of sp³-hybridized carbons (Fsp3) is 0.849. The van der Waals surface area contributed by atoms with Gasteiger partial charge < -0.3 is 28.8 Å². The molecule has 0 rings (SSSR count). The number of amides is 1. The Morgan fingerprint density at radius 3 is 1.09 bits per heavy atom. The molecule has 0 radical (unpaired) electrons. The molecule has 0 spiro atoms. The first-order valence-corrected chi connectivity index (χ1v) is 37.1. The van der Waals surface area contributed by atoms with Crippen molar-refractivity contribution in [1.29, 1.82) is 0 Å². The van der Waals surface area contributed by atoms with Crippen LogP contribution in [0.25, 0.3) is 0 Å². The Morgan fingerprint density at radius 2 is 0.744 bits per heavy atom. The molecule has 0 aliphatic carbocycles. The van der Waals surface area contributed by atoms with Crippen molar-refractivity contribution in [3.05, 3.63) is 60.8 Å². The SMILES string of the molecule is CC/C=C\C/C=C\C/C=C\C/C=C\CCCCCCCCCCCCCCCCCCCCCCCCC(=O)NC(COP(=O)([O-])OCC[N+](C)(C)C)C(O)/C=C/CCCCCCCCCCCCCCCCCCCCCCCCC. The van der Waals surface area contributed by atoms with Crippen LogP contribution in [0.2, 0.25) is 0 Å². The monoisotopic (exact) mass is 1170 g/mol. The zero-order valence-electron chi connectivity index (χ0n) is 55.2. The third-order valence-corrected chi connectivity index (χ3v) is 17.2. The summed E-state index contributed by atoms with van der Waals surface area (Å²) in [6, 6.07) is -0.888. The van der Waals surface area contributed by atoms with Gasteiger partial charge in [-0.05, 0) is 57.8 Å². The van der Waals surface area contributed by atoms with Crippen molar-refractivity contribution in [3.63, 3.8) is 0 Å². The Kier molecular flexibility index (Phi) is 62.3. The molecule has 0 aromatic rings. The number of hydrogen-bond acceptors (Lipinski definition) is 6. The topological polar surface area (TPSA) is 108 Å². The van der Waals surface area contributed by atoms with E-state index < -0.39 is 20.0 Å². The Morgan fingerprint density at radius 1 is 0.439 bits per heavy atom. The highest BCUT2D eigenvalue weighted by atomic mass is 31.2. The van der Waals surface area contributed by atoms with Gasteiger partial charge in [0.1, 0.15) is 13.2 Å². The van der Waals surface area contributed by atoms with Gasteiger partial charge in [0.2, 0.25) is 5.91 Å². The van der Waals surface area contributed by atoms with E-state index in [-0.39, 0.29) is 19.1 Å². The molecule has 482 valence electrons. The van der Waals surface area contributed by atoms with Gasteiger partial charge in [0.25, 0.3) is 7.82 Å². The zero-order chi connectivity index (χ0) is 59.8. The molecule has 3 unspecified atom stereocenters. The molecule has 8 nitrogen and oxygen atoms in total. The average Bonchev–Trinajstić information content (AvgIpc) is 3.45. The van der Waals surface area contributed by atoms with E-state index in [0.29, 0.717) is 17.4 Å². The van der Waals surface area contributed by atoms with Gasteiger partial charge in [-0.1, -0.05) is 344 Å². The highest BCUT2D eigenvalue weighted by Crippen LogP contribution is 2.38. The van der Waals surface area contributed by atoms with E-state index >= 15 is 0 Å². The van der Waals surface area contributed by atoms with Crippen molar-refractivity contribution in [2.45, 2.75) is 360 Å². The van der Waals surface area contributed by atoms with Gasteiger partial charge in [-0.15, -0.1) is 0 Å². The first-order valence-electron chi connectivity index (χ1n) is 35.7. The summed E-state index contributed by atoms with van der Waals surface area (Å²) >= 11 is 0. The summed E-state index contributed by atoms with van der Waals surface area (Å²) in [5, 5.41) is 14.0. The first-order chi connectivity index (χ1) is 40.0. The van der Waals surface area contributed by atoms with Crippen molar-refractivity contribution in [2.75, 3.05) is 40.9 Å². The first kappa shape index (κ1) is 80.2. The predicted molar refractivity (Wildman–Crippen MR) is 357 cm³/mol. The average molecular weight is 1170 g/mol. The Balaban J connectivity index is 4.01. The molecule has 82 heavy (non-hydrogen) atoms. The number of phosphoric ester groups is 1. The van der Waals surface area contributed by atoms with Crippen molar-refractivity contribution in [3.8, 4) is 0 Å². The van der Waals surface area contributed by atoms with Crippen molar-refractivity contribution in [2.24, 2.45) is 0 Å². The van der Waals surface area contributed by atoms with E-state index in [2.05, 4.69) is 67.8 Å². The van der Waals surface area contributed by atoms with Gasteiger partial charge in [-0.2, -0.15) is 0 Å². The number of aliphatic hydroxyl groups excluding tert-OH is 1. The largest absolute Gasteiger partial charge is 0.756 e. The van der Waals surface area contributed by atoms with Gasteiger partial charge in [0, 0.05) is 6.42 Å². The van der Waals surface area contributed by atoms with Crippen molar-refractivity contribution in [1.82, 2.24) is 5.32 Å². The summed E-state index contributed by atoms with van der Waals surface area (Å²) in [5.74, 6) is -0.191. The van der Waals surface area contributed by atoms with Gasteiger partial charge in [-0.3, -0.25) is 9.36 Å². The number of hydrogen-bond donors (Lipinski definition) is 2. The molecule has 0 saturated carbocycles. The highest BCUT2D eigenvalue weighted by molar-refractivity contribution is 7.45. The van der Waals surface area contributed by atoms with Crippen LogP contribution in [0.1, 0.15) is 348 Å². The number of aliphatic hydroxyl groups is 1. The number of carbonyl (C=O) groups is 1. The number of nitrogens with zero attached hydrogens (tertiary/aromatic N) is 1. The standard InChI is InChI=1S/C73H139N2O6P/c1-6-8-10-12-14-16-18-20-22-24-26-28-30-32-33-34-35-36-37-38-39-40-41-43-45-47-49-51-53-55-57-59-61-63-65-67-73(77)74-71(70-81-82(78,79)80-69-68-75(3,4)5)72(76)66-64-62-60-58-56-54-52-50-48-46-44-42-31-29-27-25-23-21-19-17-15-13-11-9-7-2/h8,10,14,16,20,22,26,28,64,66,71-72,76H,6-7,9,11-13,15,17-19,21,23-25,27,29-63,65,67-70H2,1-5H3,(H-,74,77,78,79)/b10-8-,16-14-,22-20-,28-26-,66-64+. The molecule has 0 aliphatic heterocycles. The van der Waals surface area contributed by atoms with E-state index in [0.717, 1.165) is 64.2 Å². The molecular weight excluding hydrogens is 1030 g/mol. The molecule has 0 fully saturated rings. The smallest absolute Gasteiger partial charge is 0.268 e. The number of likely N-dealkylation sites (N-methyl/N-ethyl adjacent to an activating group) is 1. The fourth-order valence-electron chi connectivity index (χ4n) is 10.7. The molecule has 1 amide bonds. The van der Waals surface area contributed by atoms with Crippen LogP contribution in [0.3, 0.4) is 0 Å². The van der Waals surface area contributed by atoms with E-state index in [9.17, 15) is 19.4 Å². The van der Waals surface area contributed by atoms with Crippen LogP contribution in [0.5, 0.6) is 0 Å². The maximum Gasteiger partial charge on any atom is 0.268 e. The molecule has 0 aliphatic rings. The molecule has 0 aromatic heterocycles. The minimum atomic E-state index is -4.60. The van der Waals surface area contributed by atoms with Crippen LogP contribution in [0.4, 0.5) is 0 Å². The predicted octanol–water partition coefficient (Wildman–Crippen LogP) is 22.1. The lowest BCUT2D eigenvalue weighted by Crippen LogP contribution is -2.45. The number of carbonyl (C=O) groups excluding carboxylic acids is 1. The number of unbranched alkanes of at least 4 members (excludes halogenated alkanes) is 45. The van der Waals surface area contributed by atoms with Gasteiger partial charge in [0.05, 0.1) is 39.9 Å². The summed E-state index contributed by atoms with van der Waals surface area (Å²) in [5.41, 5.74) is 0. The van der Waals surface area contributed by atoms with E-state index in [1.54, 1.807) is 6.08 Å². The van der Waals surface area contributed by atoms with Crippen molar-refractivity contribution < 1.29 is 32.9 Å². The second kappa shape index (κ2) is 63.7. The second-order valence-corrected chi connectivity index (χ2v) is 27.0. The third-order valence-electron chi connectivity index (χ3n) is 16.2. The fourth-order valence-corrected chi connectivity index (χ4v) is 11.5. The van der Waals surface area contributed by atoms with Crippen LogP contribution in [-0.2, 0) is 18.4 Å². The van der Waals surface area contributed by atoms with Crippen LogP contribution in [0, 0.1) is 0 Å². The van der Waals surface area contributed by atoms with Crippen LogP contribution in [0.15, 0.2) is 60.8 Å². The molecule has 0 bridgehead atoms. The summed E-state index contributed by atoms with van der Waals surface area (Å²) in [4.78, 5) is 25.6. The number of rotatable bonds is 66. The molecule has 0 aromatic carbocycles. The molecular formula is C73H139N2O6P. The molecule has 0 saturated heterocycles. The second-order valence-electron chi connectivity index (χ2n) is 25.6. The number of nitrogens with one attached hydrogen (secondary N) is 1. The van der Waals surface area contributed by atoms with Gasteiger partial charge in [0.15, 0.2) is 0 Å². The Hall–Kier alpha value is -1.80. The zero-order valence-corrected chi connectivity index (χ0v) is 56.1. The van der Waals surface area contributed by atoms with E-state index in [1.165, 1.54) is 263 Å². The lowest BCUT2D eigenvalue weighted by atomic mass is 10.0. The Bertz CT molecular complexity index is 1520. The normalized spacial score (nSPS) is 14.0. The molecule has 9 heteroatoms. The van der Waals surface area contributed by atoms with Crippen molar-refractivity contribution >= 4 is 13.7 Å². The van der Waals surface area contributed by atoms with Gasteiger partial charge >= 0.3 is 0 Å². The quantitative estimate of drug-likeness (QED) is 0.0272. The minimum Gasteiger partial charge on any atom is -0.756 e. The minimum absolute atomic E-state index is 0.000213. The Labute approximate surface area is 511 Å². The summed E-state index contributed by atoms with van der Waals surface area (Å²) < 4.78 is 23.5. The molecule has 0 heterocycles. The van der Waals surface area contributed by atoms with E-state index in [4.69, 9.17) is 9.05 Å². The lowest BCUT2D eigenvalue weighted by Gasteiger charge is -2.29. The lowest BCUT2D eigenvalue weighted by molar-refractivity contribution is -0.870. The third kappa shape index (κ3) is 65.7. The molecule has 3 atom stereocenters.